The highest BCUT2D eigenvalue weighted by Gasteiger charge is 2.18. The third-order valence-corrected chi connectivity index (χ3v) is 8.27. The van der Waals surface area contributed by atoms with Gasteiger partial charge in [-0.05, 0) is 68.6 Å². The summed E-state index contributed by atoms with van der Waals surface area (Å²) < 4.78 is 19.4. The largest absolute Gasteiger partial charge is 0.493 e. The Morgan fingerprint density at radius 3 is 2.53 bits per heavy atom. The maximum Gasteiger partial charge on any atom is 0.373 e. The van der Waals surface area contributed by atoms with Crippen LogP contribution in [0, 0.1) is 5.92 Å². The summed E-state index contributed by atoms with van der Waals surface area (Å²) in [6.07, 6.45) is 4.26. The molecular formula is C36H50N6O5. The molecule has 254 valence electrons. The van der Waals surface area contributed by atoms with E-state index in [9.17, 15) is 0 Å². The van der Waals surface area contributed by atoms with Gasteiger partial charge in [0.1, 0.15) is 17.1 Å². The van der Waals surface area contributed by atoms with Crippen LogP contribution >= 0.6 is 0 Å². The molecule has 47 heavy (non-hydrogen) atoms. The first-order chi connectivity index (χ1) is 22.9. The van der Waals surface area contributed by atoms with Crippen LogP contribution < -0.4 is 10.5 Å². The van der Waals surface area contributed by atoms with E-state index in [1.807, 2.05) is 12.1 Å². The minimum Gasteiger partial charge on any atom is -0.493 e. The molecule has 1 aliphatic rings. The van der Waals surface area contributed by atoms with Crippen LogP contribution in [0.2, 0.25) is 0 Å². The molecule has 0 bridgehead atoms. The van der Waals surface area contributed by atoms with Crippen molar-refractivity contribution in [2.24, 2.45) is 5.92 Å². The van der Waals surface area contributed by atoms with Crippen LogP contribution in [0.15, 0.2) is 48.5 Å². The average Bonchev–Trinajstić information content (AvgIpc) is 3.45. The predicted molar refractivity (Wildman–Crippen MR) is 183 cm³/mol. The molecule has 0 saturated carbocycles. The molecule has 2 aromatic carbocycles. The Balaban J connectivity index is 0.00000160. The number of morpholine rings is 1. The van der Waals surface area contributed by atoms with Crippen LogP contribution in [0.25, 0.3) is 21.9 Å². The number of pyridine rings is 1. The highest BCUT2D eigenvalue weighted by Crippen LogP contribution is 2.29. The second-order valence-corrected chi connectivity index (χ2v) is 12.4. The summed E-state index contributed by atoms with van der Waals surface area (Å²) in [4.78, 5) is 31.0. The van der Waals surface area contributed by atoms with Gasteiger partial charge in [-0.15, -0.1) is 0 Å². The molecule has 4 aromatic rings. The third kappa shape index (κ3) is 10.8. The van der Waals surface area contributed by atoms with Crippen molar-refractivity contribution in [3.05, 3.63) is 59.9 Å². The molecule has 2 N–H and O–H groups in total. The zero-order valence-corrected chi connectivity index (χ0v) is 28.2. The van der Waals surface area contributed by atoms with Gasteiger partial charge >= 0.3 is 6.15 Å². The van der Waals surface area contributed by atoms with E-state index >= 15 is 0 Å². The topological polar surface area (TPSA) is 125 Å². The van der Waals surface area contributed by atoms with E-state index in [-0.39, 0.29) is 6.15 Å². The van der Waals surface area contributed by atoms with E-state index in [0.717, 1.165) is 125 Å². The van der Waals surface area contributed by atoms with Crippen molar-refractivity contribution in [1.29, 1.82) is 0 Å². The standard InChI is InChI=1S/C35H50N6O3.CO2/c1-27(2)26-44-29-11-8-10-28(24-29)25-40(17-9-16-39-19-22-43-23-20-39)15-6-7-18-41-32(14-21-42-3)38-33-34(41)30-12-4-5-13-31(30)37-35(33)36;2-1-3/h4-5,8,10-13,24,27H,6-7,9,14-23,25-26H2,1-3H3,(H2,36,37);. The summed E-state index contributed by atoms with van der Waals surface area (Å²) in [6, 6.07) is 16.8. The lowest BCUT2D eigenvalue weighted by atomic mass is 10.1. The fourth-order valence-corrected chi connectivity index (χ4v) is 6.00. The van der Waals surface area contributed by atoms with Gasteiger partial charge in [-0.25, -0.2) is 9.97 Å². The molecule has 0 spiro atoms. The number of aromatic nitrogens is 3. The van der Waals surface area contributed by atoms with Gasteiger partial charge in [0.2, 0.25) is 0 Å². The minimum absolute atomic E-state index is 0.250. The lowest BCUT2D eigenvalue weighted by Crippen LogP contribution is -2.38. The van der Waals surface area contributed by atoms with Crippen molar-refractivity contribution >= 4 is 33.9 Å². The summed E-state index contributed by atoms with van der Waals surface area (Å²) in [7, 11) is 1.73. The Bertz CT molecular complexity index is 1560. The van der Waals surface area contributed by atoms with E-state index < -0.39 is 0 Å². The number of unbranched alkanes of at least 4 members (excludes halogenated alkanes) is 1. The number of rotatable bonds is 17. The van der Waals surface area contributed by atoms with Gasteiger partial charge in [0.05, 0.1) is 37.5 Å². The number of carbonyl (C=O) groups excluding carboxylic acids is 2. The second kappa shape index (κ2) is 19.1. The monoisotopic (exact) mass is 646 g/mol. The van der Waals surface area contributed by atoms with Crippen LogP contribution in [0.1, 0.15) is 44.5 Å². The van der Waals surface area contributed by atoms with E-state index in [1.165, 1.54) is 5.56 Å². The molecule has 5 rings (SSSR count). The van der Waals surface area contributed by atoms with Gasteiger partial charge in [-0.1, -0.05) is 44.2 Å². The number of imidazole rings is 1. The van der Waals surface area contributed by atoms with Crippen molar-refractivity contribution in [3.8, 4) is 5.75 Å². The van der Waals surface area contributed by atoms with Crippen molar-refractivity contribution < 1.29 is 23.8 Å². The maximum atomic E-state index is 8.12. The smallest absolute Gasteiger partial charge is 0.373 e. The molecular weight excluding hydrogens is 596 g/mol. The predicted octanol–water partition coefficient (Wildman–Crippen LogP) is 4.81. The minimum atomic E-state index is 0.250. The SMILES string of the molecule is COCCc1nc2c(N)nc3ccccc3c2n1CCCCN(CCCN1CCOCC1)Cc1cccc(OCC(C)C)c1.O=C=O. The Kier molecular flexibility index (Phi) is 14.6. The number of para-hydroxylation sites is 1. The van der Waals surface area contributed by atoms with E-state index in [1.54, 1.807) is 7.11 Å². The van der Waals surface area contributed by atoms with Crippen molar-refractivity contribution in [1.82, 2.24) is 24.3 Å². The van der Waals surface area contributed by atoms with Gasteiger partial charge in [0, 0.05) is 45.1 Å². The number of nitrogen functional groups attached to an aromatic ring is 1. The lowest BCUT2D eigenvalue weighted by molar-refractivity contribution is -0.191. The highest BCUT2D eigenvalue weighted by molar-refractivity contribution is 6.06. The molecule has 2 aromatic heterocycles. The second-order valence-electron chi connectivity index (χ2n) is 12.4. The fourth-order valence-electron chi connectivity index (χ4n) is 6.00. The Labute approximate surface area is 278 Å². The summed E-state index contributed by atoms with van der Waals surface area (Å²) in [5.41, 5.74) is 10.5. The molecule has 1 saturated heterocycles. The first-order valence-corrected chi connectivity index (χ1v) is 16.7. The van der Waals surface area contributed by atoms with E-state index in [0.29, 0.717) is 18.3 Å². The third-order valence-electron chi connectivity index (χ3n) is 8.27. The van der Waals surface area contributed by atoms with Crippen LogP contribution in [-0.4, -0.2) is 96.7 Å². The van der Waals surface area contributed by atoms with E-state index in [2.05, 4.69) is 69.6 Å². The molecule has 0 amide bonds. The number of fused-ring (bicyclic) bond motifs is 3. The molecule has 0 aliphatic carbocycles. The number of benzene rings is 2. The van der Waals surface area contributed by atoms with Gasteiger partial charge < -0.3 is 24.5 Å². The van der Waals surface area contributed by atoms with Gasteiger partial charge in [0.25, 0.3) is 0 Å². The summed E-state index contributed by atoms with van der Waals surface area (Å²) in [5, 5.41) is 1.09. The molecule has 1 aliphatic heterocycles. The van der Waals surface area contributed by atoms with Gasteiger partial charge in [-0.2, -0.15) is 9.59 Å². The normalized spacial score (nSPS) is 13.6. The van der Waals surface area contributed by atoms with Crippen LogP contribution in [0.3, 0.4) is 0 Å². The summed E-state index contributed by atoms with van der Waals surface area (Å²) >= 11 is 0. The zero-order chi connectivity index (χ0) is 33.4. The Morgan fingerprint density at radius 1 is 1.00 bits per heavy atom. The molecule has 0 atom stereocenters. The Morgan fingerprint density at radius 2 is 1.77 bits per heavy atom. The highest BCUT2D eigenvalue weighted by atomic mass is 16.5. The average molecular weight is 647 g/mol. The molecule has 3 heterocycles. The molecule has 0 radical (unpaired) electrons. The fraction of sp³-hybridized carbons (Fsp3) is 0.528. The summed E-state index contributed by atoms with van der Waals surface area (Å²) in [5.74, 6) is 2.96. The number of hydrogen-bond donors (Lipinski definition) is 1. The summed E-state index contributed by atoms with van der Waals surface area (Å²) in [6.45, 7) is 14.5. The number of nitrogens with two attached hydrogens (primary N) is 1. The first kappa shape index (κ1) is 36.0. The Hall–Kier alpha value is -3.86. The zero-order valence-electron chi connectivity index (χ0n) is 28.2. The quantitative estimate of drug-likeness (QED) is 0.160. The van der Waals surface area contributed by atoms with Crippen LogP contribution in [0.5, 0.6) is 5.75 Å². The number of methoxy groups -OCH3 is 1. The first-order valence-electron chi connectivity index (χ1n) is 16.7. The molecule has 11 heteroatoms. The lowest BCUT2D eigenvalue weighted by Gasteiger charge is -2.28. The number of nitrogens with zero attached hydrogens (tertiary/aromatic N) is 5. The number of anilines is 1. The van der Waals surface area contributed by atoms with Crippen LogP contribution in [-0.2, 0) is 38.6 Å². The maximum absolute atomic E-state index is 8.12. The van der Waals surface area contributed by atoms with Crippen LogP contribution in [0.4, 0.5) is 5.82 Å². The van der Waals surface area contributed by atoms with E-state index in [4.69, 9.17) is 34.5 Å². The van der Waals surface area contributed by atoms with Gasteiger partial charge in [0.15, 0.2) is 5.82 Å². The molecule has 11 nitrogen and oxygen atoms in total. The van der Waals surface area contributed by atoms with Gasteiger partial charge in [-0.3, -0.25) is 9.80 Å². The van der Waals surface area contributed by atoms with Crippen molar-refractivity contribution in [2.75, 3.05) is 72.0 Å². The molecule has 0 unspecified atom stereocenters. The molecule has 1 fully saturated rings. The number of ether oxygens (including phenoxy) is 3. The number of hydrogen-bond acceptors (Lipinski definition) is 10. The van der Waals surface area contributed by atoms with Crippen molar-refractivity contribution in [2.45, 2.75) is 52.6 Å². The number of aryl methyl sites for hydroxylation is 1. The van der Waals surface area contributed by atoms with Crippen molar-refractivity contribution in [3.63, 3.8) is 0 Å².